The van der Waals surface area contributed by atoms with E-state index in [0.29, 0.717) is 31.2 Å². The van der Waals surface area contributed by atoms with Crippen LogP contribution in [0.3, 0.4) is 0 Å². The molecule has 2 unspecified atom stereocenters. The summed E-state index contributed by atoms with van der Waals surface area (Å²) < 4.78 is 0. The summed E-state index contributed by atoms with van der Waals surface area (Å²) in [5.74, 6) is -2.48. The predicted octanol–water partition coefficient (Wildman–Crippen LogP) is 0.446. The van der Waals surface area contributed by atoms with Crippen molar-refractivity contribution in [3.63, 3.8) is 0 Å². The number of aliphatic carboxylic acids is 2. The smallest absolute Gasteiger partial charge is 0.333 e. The molecule has 4 aliphatic heterocycles. The number of piperazine rings is 1. The van der Waals surface area contributed by atoms with Gasteiger partial charge in [0.15, 0.2) is 0 Å². The molecule has 4 heterocycles. The molecular weight excluding hydrogens is 388 g/mol. The first-order valence-electron chi connectivity index (χ1n) is 10.7. The van der Waals surface area contributed by atoms with Crippen LogP contribution in [0.5, 0.6) is 0 Å². The molecule has 1 amide bonds. The second-order valence-electron chi connectivity index (χ2n) is 8.83. The molecule has 0 saturated carbocycles. The highest BCUT2D eigenvalue weighted by molar-refractivity contribution is 5.95. The van der Waals surface area contributed by atoms with Crippen LogP contribution in [-0.4, -0.2) is 94.1 Å². The van der Waals surface area contributed by atoms with Crippen LogP contribution in [0.2, 0.25) is 0 Å². The summed E-state index contributed by atoms with van der Waals surface area (Å²) in [6.45, 7) is 2.99. The van der Waals surface area contributed by atoms with Crippen molar-refractivity contribution >= 4 is 17.8 Å². The summed E-state index contributed by atoms with van der Waals surface area (Å²) >= 11 is 0. The van der Waals surface area contributed by atoms with Crippen LogP contribution in [0.4, 0.5) is 0 Å². The molecule has 2 bridgehead atoms. The van der Waals surface area contributed by atoms with E-state index in [0.717, 1.165) is 13.1 Å². The van der Waals surface area contributed by atoms with E-state index < -0.39 is 11.9 Å². The molecule has 3 fully saturated rings. The van der Waals surface area contributed by atoms with E-state index in [4.69, 9.17) is 5.11 Å². The predicted molar refractivity (Wildman–Crippen MR) is 108 cm³/mol. The summed E-state index contributed by atoms with van der Waals surface area (Å²) in [7, 11) is 2.24. The standard InChI is InChI=1S/C21H30N4O5/c1-23-14-2-3-15(23)10-16(9-14)24-4-6-25(7-5-24)19(26)11-18-17(21(29)30)8-13(12-22-18)20(27)28/h12,14-16,22H,2-11H2,1H3,(H,27,28)(H,29,30). The Hall–Kier alpha value is -2.39. The molecule has 0 aromatic carbocycles. The number of amides is 1. The number of carboxylic acids is 2. The van der Waals surface area contributed by atoms with E-state index >= 15 is 0 Å². The number of rotatable bonds is 5. The Morgan fingerprint density at radius 2 is 1.63 bits per heavy atom. The number of nitrogens with zero attached hydrogens (tertiary/aromatic N) is 3. The number of hydrogen-bond donors (Lipinski definition) is 3. The third kappa shape index (κ3) is 4.09. The molecule has 2 atom stereocenters. The Balaban J connectivity index is 1.32. The summed E-state index contributed by atoms with van der Waals surface area (Å²) in [6, 6.07) is 1.98. The van der Waals surface area contributed by atoms with Crippen molar-refractivity contribution in [1.29, 1.82) is 0 Å². The minimum Gasteiger partial charge on any atom is -0.478 e. The van der Waals surface area contributed by atoms with Gasteiger partial charge in [-0.2, -0.15) is 0 Å². The molecule has 0 spiro atoms. The SMILES string of the molecule is CN1C2CCC1CC(N1CCN(C(=O)CC3=C(C(=O)O)CC(C(=O)O)=CN3)CC1)C2. The van der Waals surface area contributed by atoms with Gasteiger partial charge >= 0.3 is 11.9 Å². The van der Waals surface area contributed by atoms with E-state index in [1.54, 1.807) is 4.90 Å². The number of carboxylic acid groups (broad SMARTS) is 2. The van der Waals surface area contributed by atoms with Crippen LogP contribution in [0.25, 0.3) is 0 Å². The minimum atomic E-state index is -1.20. The molecule has 9 heteroatoms. The molecule has 4 aliphatic rings. The number of nitrogens with one attached hydrogen (secondary N) is 1. The van der Waals surface area contributed by atoms with Gasteiger partial charge in [-0.3, -0.25) is 9.69 Å². The monoisotopic (exact) mass is 418 g/mol. The van der Waals surface area contributed by atoms with Gasteiger partial charge in [0.25, 0.3) is 0 Å². The van der Waals surface area contributed by atoms with E-state index in [-0.39, 0.29) is 35.6 Å². The number of carbonyl (C=O) groups excluding carboxylic acids is 1. The second kappa shape index (κ2) is 8.39. The summed E-state index contributed by atoms with van der Waals surface area (Å²) in [4.78, 5) is 42.3. The molecular formula is C21H30N4O5. The second-order valence-corrected chi connectivity index (χ2v) is 8.83. The number of hydrogen-bond acceptors (Lipinski definition) is 6. The average Bonchev–Trinajstić information content (AvgIpc) is 2.93. The quantitative estimate of drug-likeness (QED) is 0.590. The van der Waals surface area contributed by atoms with Gasteiger partial charge in [-0.25, -0.2) is 9.59 Å². The molecule has 0 aromatic heterocycles. The first-order valence-corrected chi connectivity index (χ1v) is 10.7. The Kier molecular flexibility index (Phi) is 5.84. The van der Waals surface area contributed by atoms with Crippen molar-refractivity contribution in [3.05, 3.63) is 23.0 Å². The average molecular weight is 418 g/mol. The lowest BCUT2D eigenvalue weighted by Crippen LogP contribution is -2.56. The van der Waals surface area contributed by atoms with Gasteiger partial charge in [-0.15, -0.1) is 0 Å². The maximum Gasteiger partial charge on any atom is 0.333 e. The lowest BCUT2D eigenvalue weighted by atomic mass is 9.96. The first kappa shape index (κ1) is 20.9. The van der Waals surface area contributed by atoms with Crippen molar-refractivity contribution in [1.82, 2.24) is 20.0 Å². The Morgan fingerprint density at radius 1 is 1.00 bits per heavy atom. The number of fused-ring (bicyclic) bond motifs is 2. The molecule has 0 aromatic rings. The largest absolute Gasteiger partial charge is 0.478 e. The molecule has 3 saturated heterocycles. The van der Waals surface area contributed by atoms with Crippen molar-refractivity contribution in [2.75, 3.05) is 33.2 Å². The van der Waals surface area contributed by atoms with Crippen LogP contribution in [-0.2, 0) is 14.4 Å². The maximum absolute atomic E-state index is 12.8. The van der Waals surface area contributed by atoms with Gasteiger partial charge in [0.2, 0.25) is 5.91 Å². The zero-order valence-corrected chi connectivity index (χ0v) is 17.3. The highest BCUT2D eigenvalue weighted by Gasteiger charge is 2.41. The number of dihydropyridines is 1. The summed E-state index contributed by atoms with van der Waals surface area (Å²) in [5, 5.41) is 21.2. The van der Waals surface area contributed by atoms with E-state index in [9.17, 15) is 19.5 Å². The lowest BCUT2D eigenvalue weighted by molar-refractivity contribution is -0.133. The van der Waals surface area contributed by atoms with Gasteiger partial charge in [0.1, 0.15) is 0 Å². The minimum absolute atomic E-state index is 0.0238. The molecule has 164 valence electrons. The topological polar surface area (TPSA) is 113 Å². The fraction of sp³-hybridized carbons (Fsp3) is 0.667. The van der Waals surface area contributed by atoms with Gasteiger partial charge in [-0.05, 0) is 32.7 Å². The van der Waals surface area contributed by atoms with Gasteiger partial charge in [0.05, 0.1) is 17.6 Å². The first-order chi connectivity index (χ1) is 14.3. The van der Waals surface area contributed by atoms with Crippen molar-refractivity contribution in [2.24, 2.45) is 0 Å². The molecule has 4 rings (SSSR count). The summed E-state index contributed by atoms with van der Waals surface area (Å²) in [5.41, 5.74) is 0.208. The van der Waals surface area contributed by atoms with Crippen LogP contribution >= 0.6 is 0 Å². The zero-order chi connectivity index (χ0) is 21.4. The normalized spacial score (nSPS) is 30.1. The molecule has 0 radical (unpaired) electrons. The fourth-order valence-electron chi connectivity index (χ4n) is 5.39. The van der Waals surface area contributed by atoms with Crippen molar-refractivity contribution in [2.45, 2.75) is 56.7 Å². The summed E-state index contributed by atoms with van der Waals surface area (Å²) in [6.07, 6.45) is 6.04. The highest BCUT2D eigenvalue weighted by Crippen LogP contribution is 2.36. The van der Waals surface area contributed by atoms with Gasteiger partial charge in [0, 0.05) is 62.6 Å². The van der Waals surface area contributed by atoms with Gasteiger partial charge < -0.3 is 25.3 Å². The third-order valence-corrected chi connectivity index (χ3v) is 7.27. The van der Waals surface area contributed by atoms with Crippen LogP contribution in [0, 0.1) is 0 Å². The third-order valence-electron chi connectivity index (χ3n) is 7.27. The van der Waals surface area contributed by atoms with E-state index in [1.807, 2.05) is 0 Å². The van der Waals surface area contributed by atoms with E-state index in [1.165, 1.54) is 31.9 Å². The number of carbonyl (C=O) groups is 3. The van der Waals surface area contributed by atoms with Crippen LogP contribution in [0.15, 0.2) is 23.0 Å². The van der Waals surface area contributed by atoms with Crippen LogP contribution in [0.1, 0.15) is 38.5 Å². The van der Waals surface area contributed by atoms with E-state index in [2.05, 4.69) is 22.2 Å². The molecule has 0 aliphatic carbocycles. The molecule has 3 N–H and O–H groups in total. The Bertz CT molecular complexity index is 785. The lowest BCUT2D eigenvalue weighted by Gasteiger charge is -2.45. The Labute approximate surface area is 176 Å². The number of piperidine rings is 1. The fourth-order valence-corrected chi connectivity index (χ4v) is 5.39. The molecule has 30 heavy (non-hydrogen) atoms. The van der Waals surface area contributed by atoms with Crippen molar-refractivity contribution in [3.8, 4) is 0 Å². The van der Waals surface area contributed by atoms with Gasteiger partial charge in [-0.1, -0.05) is 0 Å². The zero-order valence-electron chi connectivity index (χ0n) is 17.3. The molecule has 9 nitrogen and oxygen atoms in total. The van der Waals surface area contributed by atoms with Crippen LogP contribution < -0.4 is 5.32 Å². The Morgan fingerprint density at radius 3 is 2.20 bits per heavy atom. The maximum atomic E-state index is 12.8. The van der Waals surface area contributed by atoms with Crippen molar-refractivity contribution < 1.29 is 24.6 Å². The highest BCUT2D eigenvalue weighted by atomic mass is 16.4.